The molecule has 0 spiro atoms. The van der Waals surface area contributed by atoms with Crippen LogP contribution in [0.1, 0.15) is 11.4 Å². The number of benzene rings is 1. The molecule has 0 fully saturated rings. The molecule has 1 aromatic carbocycles. The minimum atomic E-state index is -0.588. The van der Waals surface area contributed by atoms with Gasteiger partial charge in [-0.2, -0.15) is 5.10 Å². The zero-order valence-electron chi connectivity index (χ0n) is 12.6. The maximum Gasteiger partial charge on any atom is 0.117 e. The number of nitrogen functional groups attached to an aromatic ring is 1. The van der Waals surface area contributed by atoms with Gasteiger partial charge in [-0.3, -0.25) is 4.68 Å². The number of likely N-dealkylation sites (N-methyl/N-ethyl adjacent to an activating group) is 1. The lowest BCUT2D eigenvalue weighted by molar-refractivity contribution is 0.155. The van der Waals surface area contributed by atoms with Crippen LogP contribution in [0.25, 0.3) is 0 Å². The molecule has 1 heterocycles. The van der Waals surface area contributed by atoms with Crippen LogP contribution in [0, 0.1) is 13.8 Å². The maximum atomic E-state index is 10.2. The van der Waals surface area contributed by atoms with E-state index in [1.807, 2.05) is 31.9 Å². The number of aliphatic hydroxyl groups excluding tert-OH is 1. The summed E-state index contributed by atoms with van der Waals surface area (Å²) < 4.78 is 1.73. The number of hydrogen-bond acceptors (Lipinski definition) is 5. The van der Waals surface area contributed by atoms with Crippen LogP contribution >= 0.6 is 0 Å². The number of rotatable bonds is 5. The molecule has 2 aromatic rings. The Kier molecular flexibility index (Phi) is 4.37. The van der Waals surface area contributed by atoms with Crippen LogP contribution in [0.2, 0.25) is 0 Å². The number of nitrogens with zero attached hydrogens (tertiary/aromatic N) is 3. The van der Waals surface area contributed by atoms with Crippen LogP contribution in [-0.2, 0) is 6.54 Å². The molecule has 4 N–H and O–H groups in total. The summed E-state index contributed by atoms with van der Waals surface area (Å²) in [5.41, 5.74) is 9.05. The van der Waals surface area contributed by atoms with Crippen molar-refractivity contribution in [3.63, 3.8) is 0 Å². The van der Waals surface area contributed by atoms with Crippen molar-refractivity contribution < 1.29 is 10.2 Å². The van der Waals surface area contributed by atoms with E-state index in [2.05, 4.69) is 5.10 Å². The average molecular weight is 290 g/mol. The fourth-order valence-electron chi connectivity index (χ4n) is 2.30. The first-order valence-electron chi connectivity index (χ1n) is 6.86. The van der Waals surface area contributed by atoms with E-state index in [4.69, 9.17) is 5.73 Å². The molecule has 0 aliphatic carbocycles. The summed E-state index contributed by atoms with van der Waals surface area (Å²) in [6, 6.07) is 6.93. The standard InChI is InChI=1S/C15H22N4O2/c1-10-15(16)11(2)19(17-10)9-14(21)8-18(3)12-5-4-6-13(20)7-12/h4-7,14,20-21H,8-9,16H2,1-3H3. The van der Waals surface area contributed by atoms with Crippen molar-refractivity contribution in [2.75, 3.05) is 24.2 Å². The number of aryl methyl sites for hydroxylation is 1. The Balaban J connectivity index is 2.01. The largest absolute Gasteiger partial charge is 0.508 e. The zero-order valence-corrected chi connectivity index (χ0v) is 12.6. The predicted molar refractivity (Wildman–Crippen MR) is 83.5 cm³/mol. The summed E-state index contributed by atoms with van der Waals surface area (Å²) in [6.07, 6.45) is -0.588. The molecule has 0 saturated carbocycles. The fraction of sp³-hybridized carbons (Fsp3) is 0.400. The van der Waals surface area contributed by atoms with Crippen molar-refractivity contribution in [1.82, 2.24) is 9.78 Å². The fourth-order valence-corrected chi connectivity index (χ4v) is 2.30. The summed E-state index contributed by atoms with van der Waals surface area (Å²) in [6.45, 7) is 4.56. The monoisotopic (exact) mass is 290 g/mol. The van der Waals surface area contributed by atoms with Crippen LogP contribution in [0.4, 0.5) is 11.4 Å². The molecule has 1 atom stereocenters. The molecule has 0 aliphatic rings. The van der Waals surface area contributed by atoms with Crippen LogP contribution in [0.5, 0.6) is 5.75 Å². The molecule has 0 amide bonds. The van der Waals surface area contributed by atoms with Gasteiger partial charge in [0, 0.05) is 25.3 Å². The molecule has 2 rings (SSSR count). The molecule has 0 radical (unpaired) electrons. The number of aromatic hydroxyl groups is 1. The Labute approximate surface area is 124 Å². The van der Waals surface area contributed by atoms with Crippen molar-refractivity contribution in [3.8, 4) is 5.75 Å². The molecule has 1 unspecified atom stereocenters. The Hall–Kier alpha value is -2.21. The molecule has 6 heteroatoms. The second kappa shape index (κ2) is 6.05. The normalized spacial score (nSPS) is 12.4. The number of nitrogens with two attached hydrogens (primary N) is 1. The van der Waals surface area contributed by atoms with Gasteiger partial charge in [-0.05, 0) is 26.0 Å². The molecule has 0 saturated heterocycles. The molecule has 0 aliphatic heterocycles. The molecule has 114 valence electrons. The van der Waals surface area contributed by atoms with Gasteiger partial charge < -0.3 is 20.8 Å². The second-order valence-corrected chi connectivity index (χ2v) is 5.32. The highest BCUT2D eigenvalue weighted by atomic mass is 16.3. The first-order valence-corrected chi connectivity index (χ1v) is 6.86. The quantitative estimate of drug-likeness (QED) is 0.772. The van der Waals surface area contributed by atoms with E-state index in [1.165, 1.54) is 0 Å². The van der Waals surface area contributed by atoms with Gasteiger partial charge >= 0.3 is 0 Å². The predicted octanol–water partition coefficient (Wildman–Crippen LogP) is 1.29. The molecule has 1 aromatic heterocycles. The molecule has 0 bridgehead atoms. The molecular weight excluding hydrogens is 268 g/mol. The van der Waals surface area contributed by atoms with Crippen LogP contribution in [-0.4, -0.2) is 39.7 Å². The lowest BCUT2D eigenvalue weighted by atomic mass is 10.2. The van der Waals surface area contributed by atoms with E-state index in [1.54, 1.807) is 22.9 Å². The summed E-state index contributed by atoms with van der Waals surface area (Å²) in [4.78, 5) is 1.89. The van der Waals surface area contributed by atoms with Gasteiger partial charge in [0.2, 0.25) is 0 Å². The summed E-state index contributed by atoms with van der Waals surface area (Å²) in [5, 5.41) is 24.0. The molecular formula is C15H22N4O2. The number of phenols is 1. The minimum Gasteiger partial charge on any atom is -0.508 e. The highest BCUT2D eigenvalue weighted by Gasteiger charge is 2.14. The number of hydrogen-bond donors (Lipinski definition) is 3. The van der Waals surface area contributed by atoms with Crippen molar-refractivity contribution in [2.24, 2.45) is 0 Å². The summed E-state index contributed by atoms with van der Waals surface area (Å²) in [5.74, 6) is 0.208. The van der Waals surface area contributed by atoms with E-state index < -0.39 is 6.10 Å². The third-order valence-corrected chi connectivity index (χ3v) is 3.58. The van der Waals surface area contributed by atoms with Crippen LogP contribution < -0.4 is 10.6 Å². The van der Waals surface area contributed by atoms with E-state index in [0.29, 0.717) is 18.8 Å². The highest BCUT2D eigenvalue weighted by Crippen LogP contribution is 2.19. The smallest absolute Gasteiger partial charge is 0.117 e. The van der Waals surface area contributed by atoms with Gasteiger partial charge in [0.25, 0.3) is 0 Å². The first-order chi connectivity index (χ1) is 9.88. The topological polar surface area (TPSA) is 87.5 Å². The van der Waals surface area contributed by atoms with Gasteiger partial charge in [0.05, 0.1) is 29.7 Å². The van der Waals surface area contributed by atoms with Crippen LogP contribution in [0.3, 0.4) is 0 Å². The van der Waals surface area contributed by atoms with E-state index in [9.17, 15) is 10.2 Å². The number of aliphatic hydroxyl groups is 1. The maximum absolute atomic E-state index is 10.2. The Bertz CT molecular complexity index is 624. The van der Waals surface area contributed by atoms with E-state index in [0.717, 1.165) is 17.1 Å². The van der Waals surface area contributed by atoms with Gasteiger partial charge in [-0.15, -0.1) is 0 Å². The number of phenolic OH excluding ortho intramolecular Hbond substituents is 1. The second-order valence-electron chi connectivity index (χ2n) is 5.32. The highest BCUT2D eigenvalue weighted by molar-refractivity contribution is 5.50. The third kappa shape index (κ3) is 3.46. The van der Waals surface area contributed by atoms with Gasteiger partial charge in [0.1, 0.15) is 5.75 Å². The average Bonchev–Trinajstić information content (AvgIpc) is 2.66. The third-order valence-electron chi connectivity index (χ3n) is 3.58. The Morgan fingerprint density at radius 3 is 2.67 bits per heavy atom. The van der Waals surface area contributed by atoms with Crippen molar-refractivity contribution in [2.45, 2.75) is 26.5 Å². The lowest BCUT2D eigenvalue weighted by Gasteiger charge is -2.23. The van der Waals surface area contributed by atoms with E-state index >= 15 is 0 Å². The van der Waals surface area contributed by atoms with Gasteiger partial charge in [0.15, 0.2) is 0 Å². The summed E-state index contributed by atoms with van der Waals surface area (Å²) in [7, 11) is 1.87. The summed E-state index contributed by atoms with van der Waals surface area (Å²) >= 11 is 0. The van der Waals surface area contributed by atoms with Gasteiger partial charge in [-0.25, -0.2) is 0 Å². The Morgan fingerprint density at radius 1 is 1.38 bits per heavy atom. The SMILES string of the molecule is Cc1nn(CC(O)CN(C)c2cccc(O)c2)c(C)c1N. The van der Waals surface area contributed by atoms with E-state index in [-0.39, 0.29) is 5.75 Å². The van der Waals surface area contributed by atoms with Crippen LogP contribution in [0.15, 0.2) is 24.3 Å². The van der Waals surface area contributed by atoms with Crippen molar-refractivity contribution in [3.05, 3.63) is 35.7 Å². The lowest BCUT2D eigenvalue weighted by Crippen LogP contribution is -2.32. The first kappa shape index (κ1) is 15.2. The molecule has 6 nitrogen and oxygen atoms in total. The number of aromatic nitrogens is 2. The Morgan fingerprint density at radius 2 is 2.10 bits per heavy atom. The minimum absolute atomic E-state index is 0.208. The van der Waals surface area contributed by atoms with Gasteiger partial charge in [-0.1, -0.05) is 6.07 Å². The molecule has 21 heavy (non-hydrogen) atoms. The van der Waals surface area contributed by atoms with Crippen molar-refractivity contribution in [1.29, 1.82) is 0 Å². The number of anilines is 2. The zero-order chi connectivity index (χ0) is 15.6. The van der Waals surface area contributed by atoms with Crippen molar-refractivity contribution >= 4 is 11.4 Å².